The topological polar surface area (TPSA) is 78.1 Å². The molecule has 1 aliphatic rings. The molecule has 2 aromatic rings. The third kappa shape index (κ3) is 3.59. The summed E-state index contributed by atoms with van der Waals surface area (Å²) >= 11 is 0. The Hall–Kier alpha value is -2.63. The van der Waals surface area contributed by atoms with Crippen LogP contribution in [0.3, 0.4) is 0 Å². The Morgan fingerprint density at radius 2 is 2.09 bits per heavy atom. The van der Waals surface area contributed by atoms with Gasteiger partial charge in [0.1, 0.15) is 0 Å². The van der Waals surface area contributed by atoms with E-state index < -0.39 is 0 Å². The van der Waals surface area contributed by atoms with Crippen LogP contribution in [-0.4, -0.2) is 39.8 Å². The maximum Gasteiger partial charge on any atom is 0.227 e. The number of hydrogen-bond acceptors (Lipinski definition) is 3. The lowest BCUT2D eigenvalue weighted by molar-refractivity contribution is -0.132. The number of rotatable bonds is 3. The van der Waals surface area contributed by atoms with Crippen molar-refractivity contribution >= 4 is 17.5 Å². The largest absolute Gasteiger partial charge is 0.345 e. The minimum absolute atomic E-state index is 0.0231. The van der Waals surface area contributed by atoms with Gasteiger partial charge in [-0.3, -0.25) is 9.59 Å². The molecule has 2 heterocycles. The molecular weight excluding hydrogens is 292 g/mol. The predicted octanol–water partition coefficient (Wildman–Crippen LogP) is 2.27. The van der Waals surface area contributed by atoms with Crippen molar-refractivity contribution < 1.29 is 9.59 Å². The molecule has 0 atom stereocenters. The number of carbonyl (C=O) groups excluding carboxylic acids is 2. The Morgan fingerprint density at radius 3 is 2.74 bits per heavy atom. The highest BCUT2D eigenvalue weighted by molar-refractivity contribution is 5.93. The molecule has 0 spiro atoms. The van der Waals surface area contributed by atoms with Gasteiger partial charge in [0.2, 0.25) is 11.8 Å². The first kappa shape index (κ1) is 15.3. The SMILES string of the molecule is CC(=O)N1CCC(C(=O)Nc2cccc(-c3cnc[nH]3)c2)CC1. The fourth-order valence-corrected chi connectivity index (χ4v) is 2.88. The van der Waals surface area contributed by atoms with Crippen LogP contribution in [0.15, 0.2) is 36.8 Å². The normalized spacial score (nSPS) is 15.4. The predicted molar refractivity (Wildman–Crippen MR) is 87.6 cm³/mol. The number of carbonyl (C=O) groups is 2. The minimum Gasteiger partial charge on any atom is -0.345 e. The van der Waals surface area contributed by atoms with E-state index in [-0.39, 0.29) is 17.7 Å². The summed E-state index contributed by atoms with van der Waals surface area (Å²) in [6.07, 6.45) is 4.80. The molecule has 3 rings (SSSR count). The molecule has 6 heteroatoms. The summed E-state index contributed by atoms with van der Waals surface area (Å²) in [5, 5.41) is 2.98. The van der Waals surface area contributed by atoms with Crippen LogP contribution >= 0.6 is 0 Å². The number of aromatic amines is 1. The number of anilines is 1. The highest BCUT2D eigenvalue weighted by Crippen LogP contribution is 2.23. The van der Waals surface area contributed by atoms with E-state index in [4.69, 9.17) is 0 Å². The maximum atomic E-state index is 12.4. The Bertz CT molecular complexity index is 688. The van der Waals surface area contributed by atoms with E-state index in [1.807, 2.05) is 24.3 Å². The van der Waals surface area contributed by atoms with E-state index in [0.717, 1.165) is 16.9 Å². The number of H-pyrrole nitrogens is 1. The van der Waals surface area contributed by atoms with Crippen molar-refractivity contribution in [1.29, 1.82) is 0 Å². The highest BCUT2D eigenvalue weighted by Gasteiger charge is 2.26. The first-order valence-electron chi connectivity index (χ1n) is 7.78. The number of nitrogens with zero attached hydrogens (tertiary/aromatic N) is 2. The summed E-state index contributed by atoms with van der Waals surface area (Å²) in [6.45, 7) is 2.88. The fraction of sp³-hybridized carbons (Fsp3) is 0.353. The van der Waals surface area contributed by atoms with E-state index in [2.05, 4.69) is 15.3 Å². The quantitative estimate of drug-likeness (QED) is 0.912. The summed E-state index contributed by atoms with van der Waals surface area (Å²) in [5.74, 6) is 0.0625. The van der Waals surface area contributed by atoms with Crippen LogP contribution in [0.2, 0.25) is 0 Å². The molecule has 23 heavy (non-hydrogen) atoms. The van der Waals surface area contributed by atoms with Gasteiger partial charge in [-0.25, -0.2) is 4.98 Å². The van der Waals surface area contributed by atoms with Crippen molar-refractivity contribution in [3.8, 4) is 11.3 Å². The average Bonchev–Trinajstić information content (AvgIpc) is 3.10. The van der Waals surface area contributed by atoms with E-state index in [1.165, 1.54) is 0 Å². The number of hydrogen-bond donors (Lipinski definition) is 2. The molecule has 2 amide bonds. The monoisotopic (exact) mass is 312 g/mol. The van der Waals surface area contributed by atoms with E-state index in [9.17, 15) is 9.59 Å². The molecule has 0 unspecified atom stereocenters. The molecule has 1 saturated heterocycles. The number of likely N-dealkylation sites (tertiary alicyclic amines) is 1. The summed E-state index contributed by atoms with van der Waals surface area (Å²) in [4.78, 5) is 32.6. The van der Waals surface area contributed by atoms with Crippen LogP contribution in [0.5, 0.6) is 0 Å². The van der Waals surface area contributed by atoms with Crippen LogP contribution in [0, 0.1) is 5.92 Å². The Labute approximate surface area is 134 Å². The van der Waals surface area contributed by atoms with Gasteiger partial charge < -0.3 is 15.2 Å². The maximum absolute atomic E-state index is 12.4. The molecule has 1 aromatic heterocycles. The number of amides is 2. The average molecular weight is 312 g/mol. The zero-order valence-electron chi connectivity index (χ0n) is 13.1. The molecule has 0 aliphatic carbocycles. The van der Waals surface area contributed by atoms with E-state index in [0.29, 0.717) is 25.9 Å². The van der Waals surface area contributed by atoms with Crippen LogP contribution in [0.4, 0.5) is 5.69 Å². The Morgan fingerprint density at radius 1 is 1.30 bits per heavy atom. The van der Waals surface area contributed by atoms with Gasteiger partial charge in [-0.2, -0.15) is 0 Å². The molecule has 1 aliphatic heterocycles. The van der Waals surface area contributed by atoms with Gasteiger partial charge in [-0.05, 0) is 25.0 Å². The third-order valence-corrected chi connectivity index (χ3v) is 4.25. The molecule has 1 fully saturated rings. The van der Waals surface area contributed by atoms with Crippen LogP contribution in [-0.2, 0) is 9.59 Å². The second kappa shape index (κ2) is 6.64. The molecule has 0 saturated carbocycles. The molecular formula is C17H20N4O2. The lowest BCUT2D eigenvalue weighted by atomic mass is 9.95. The number of piperidine rings is 1. The van der Waals surface area contributed by atoms with Crippen molar-refractivity contribution in [2.75, 3.05) is 18.4 Å². The van der Waals surface area contributed by atoms with Crippen molar-refractivity contribution in [2.45, 2.75) is 19.8 Å². The van der Waals surface area contributed by atoms with Gasteiger partial charge in [0.25, 0.3) is 0 Å². The lowest BCUT2D eigenvalue weighted by Crippen LogP contribution is -2.40. The first-order valence-corrected chi connectivity index (χ1v) is 7.78. The standard InChI is InChI=1S/C17H20N4O2/c1-12(22)21-7-5-13(6-8-21)17(23)20-15-4-2-3-14(9-15)16-10-18-11-19-16/h2-4,9-11,13H,5-8H2,1H3,(H,18,19)(H,20,23). The molecule has 120 valence electrons. The molecule has 6 nitrogen and oxygen atoms in total. The summed E-state index contributed by atoms with van der Waals surface area (Å²) < 4.78 is 0. The van der Waals surface area contributed by atoms with Crippen molar-refractivity contribution in [3.63, 3.8) is 0 Å². The van der Waals surface area contributed by atoms with Gasteiger partial charge >= 0.3 is 0 Å². The number of nitrogens with one attached hydrogen (secondary N) is 2. The zero-order chi connectivity index (χ0) is 16.2. The Kier molecular flexibility index (Phi) is 4.41. The van der Waals surface area contributed by atoms with Gasteiger partial charge in [0.05, 0.1) is 18.2 Å². The second-order valence-corrected chi connectivity index (χ2v) is 5.82. The van der Waals surface area contributed by atoms with Crippen LogP contribution in [0.1, 0.15) is 19.8 Å². The summed E-state index contributed by atoms with van der Waals surface area (Å²) in [5.41, 5.74) is 2.67. The van der Waals surface area contributed by atoms with Crippen LogP contribution in [0.25, 0.3) is 11.3 Å². The number of benzene rings is 1. The molecule has 0 bridgehead atoms. The van der Waals surface area contributed by atoms with Crippen molar-refractivity contribution in [2.24, 2.45) is 5.92 Å². The first-order chi connectivity index (χ1) is 11.1. The summed E-state index contributed by atoms with van der Waals surface area (Å²) in [6, 6.07) is 7.68. The highest BCUT2D eigenvalue weighted by atomic mass is 16.2. The minimum atomic E-state index is -0.0404. The zero-order valence-corrected chi connectivity index (χ0v) is 13.1. The lowest BCUT2D eigenvalue weighted by Gasteiger charge is -2.30. The number of imidazole rings is 1. The van der Waals surface area contributed by atoms with Crippen molar-refractivity contribution in [3.05, 3.63) is 36.8 Å². The van der Waals surface area contributed by atoms with Crippen molar-refractivity contribution in [1.82, 2.24) is 14.9 Å². The van der Waals surface area contributed by atoms with Gasteiger partial charge in [0, 0.05) is 37.2 Å². The molecule has 0 radical (unpaired) electrons. The molecule has 1 aromatic carbocycles. The van der Waals surface area contributed by atoms with E-state index in [1.54, 1.807) is 24.3 Å². The van der Waals surface area contributed by atoms with E-state index >= 15 is 0 Å². The molecule has 2 N–H and O–H groups in total. The van der Waals surface area contributed by atoms with Gasteiger partial charge in [0.15, 0.2) is 0 Å². The number of aromatic nitrogens is 2. The smallest absolute Gasteiger partial charge is 0.227 e. The summed E-state index contributed by atoms with van der Waals surface area (Å²) in [7, 11) is 0. The third-order valence-electron chi connectivity index (χ3n) is 4.25. The Balaban J connectivity index is 1.62. The van der Waals surface area contributed by atoms with Gasteiger partial charge in [-0.1, -0.05) is 12.1 Å². The fourth-order valence-electron chi connectivity index (χ4n) is 2.88. The second-order valence-electron chi connectivity index (χ2n) is 5.82. The van der Waals surface area contributed by atoms with Gasteiger partial charge in [-0.15, -0.1) is 0 Å². The van der Waals surface area contributed by atoms with Crippen LogP contribution < -0.4 is 5.32 Å².